The van der Waals surface area contributed by atoms with Gasteiger partial charge in [0.25, 0.3) is 0 Å². The predicted octanol–water partition coefficient (Wildman–Crippen LogP) is 1.87. The van der Waals surface area contributed by atoms with E-state index in [1.54, 1.807) is 0 Å². The Bertz CT molecular complexity index is 432. The van der Waals surface area contributed by atoms with Crippen LogP contribution in [0.5, 0.6) is 0 Å². The Balaban J connectivity index is 3.34. The molecular formula is C9H6F3NO2. The van der Waals surface area contributed by atoms with Gasteiger partial charge in [0.1, 0.15) is 0 Å². The second-order valence-electron chi connectivity index (χ2n) is 2.75. The topological polar surface area (TPSA) is 46.2 Å². The summed E-state index contributed by atoms with van der Waals surface area (Å²) < 4.78 is 38.6. The maximum atomic E-state index is 13.0. The van der Waals surface area contributed by atoms with E-state index in [1.807, 2.05) is 5.32 Å². The number of hydrogen-bond acceptors (Lipinski definition) is 2. The van der Waals surface area contributed by atoms with Crippen LogP contribution < -0.4 is 5.32 Å². The zero-order valence-electron chi connectivity index (χ0n) is 7.61. The van der Waals surface area contributed by atoms with Crippen molar-refractivity contribution < 1.29 is 22.8 Å². The SMILES string of the molecule is CC(=O)Nc1cc(C=O)c(F)c(F)c1F. The van der Waals surface area contributed by atoms with E-state index in [2.05, 4.69) is 0 Å². The van der Waals surface area contributed by atoms with Crippen LogP contribution in [0.25, 0.3) is 0 Å². The fourth-order valence-electron chi connectivity index (χ4n) is 0.990. The smallest absolute Gasteiger partial charge is 0.221 e. The Morgan fingerprint density at radius 2 is 1.87 bits per heavy atom. The second kappa shape index (κ2) is 4.12. The summed E-state index contributed by atoms with van der Waals surface area (Å²) in [6.45, 7) is 1.07. The molecule has 1 rings (SSSR count). The second-order valence-corrected chi connectivity index (χ2v) is 2.75. The Labute approximate surface area is 82.9 Å². The number of carbonyl (C=O) groups is 2. The Kier molecular flexibility index (Phi) is 3.08. The van der Waals surface area contributed by atoms with Crippen LogP contribution in [0.15, 0.2) is 6.07 Å². The Morgan fingerprint density at radius 1 is 1.27 bits per heavy atom. The highest BCUT2D eigenvalue weighted by atomic mass is 19.2. The van der Waals surface area contributed by atoms with E-state index in [0.29, 0.717) is 0 Å². The summed E-state index contributed by atoms with van der Waals surface area (Å²) in [7, 11) is 0. The number of anilines is 1. The van der Waals surface area contributed by atoms with Gasteiger partial charge in [-0.1, -0.05) is 0 Å². The highest BCUT2D eigenvalue weighted by Gasteiger charge is 2.18. The predicted molar refractivity (Wildman–Crippen MR) is 46.0 cm³/mol. The molecule has 1 aromatic carbocycles. The van der Waals surface area contributed by atoms with Gasteiger partial charge in [-0.2, -0.15) is 0 Å². The van der Waals surface area contributed by atoms with Crippen molar-refractivity contribution in [3.63, 3.8) is 0 Å². The standard InChI is InChI=1S/C9H6F3NO2/c1-4(15)13-6-2-5(3-14)7(10)9(12)8(6)11/h2-3H,1H3,(H,13,15). The van der Waals surface area contributed by atoms with Crippen molar-refractivity contribution in [3.05, 3.63) is 29.1 Å². The number of aldehydes is 1. The van der Waals surface area contributed by atoms with Crippen molar-refractivity contribution in [2.24, 2.45) is 0 Å². The third kappa shape index (κ3) is 2.15. The average Bonchev–Trinajstić information content (AvgIpc) is 2.18. The maximum Gasteiger partial charge on any atom is 0.221 e. The van der Waals surface area contributed by atoms with E-state index in [1.165, 1.54) is 0 Å². The third-order valence-corrected chi connectivity index (χ3v) is 1.61. The molecule has 0 heterocycles. The van der Waals surface area contributed by atoms with E-state index >= 15 is 0 Å². The molecule has 15 heavy (non-hydrogen) atoms. The number of carbonyl (C=O) groups excluding carboxylic acids is 2. The number of halogens is 3. The molecule has 0 aliphatic heterocycles. The van der Waals surface area contributed by atoms with Crippen LogP contribution in [-0.4, -0.2) is 12.2 Å². The molecule has 0 atom stereocenters. The minimum atomic E-state index is -1.79. The van der Waals surface area contributed by atoms with Crippen molar-refractivity contribution >= 4 is 17.9 Å². The summed E-state index contributed by atoms with van der Waals surface area (Å²) in [6.07, 6.45) is 0.0309. The number of benzene rings is 1. The number of rotatable bonds is 2. The van der Waals surface area contributed by atoms with Gasteiger partial charge >= 0.3 is 0 Å². The van der Waals surface area contributed by atoms with E-state index < -0.39 is 34.6 Å². The summed E-state index contributed by atoms with van der Waals surface area (Å²) in [5.74, 6) is -5.55. The van der Waals surface area contributed by atoms with E-state index in [9.17, 15) is 22.8 Å². The van der Waals surface area contributed by atoms with E-state index in [-0.39, 0.29) is 6.29 Å². The first-order valence-electron chi connectivity index (χ1n) is 3.87. The molecule has 0 saturated heterocycles. The van der Waals surface area contributed by atoms with Crippen LogP contribution in [0.4, 0.5) is 18.9 Å². The fourth-order valence-corrected chi connectivity index (χ4v) is 0.990. The molecule has 0 fully saturated rings. The van der Waals surface area contributed by atoms with Gasteiger partial charge in [0, 0.05) is 6.92 Å². The Hall–Kier alpha value is -1.85. The first-order valence-corrected chi connectivity index (χ1v) is 3.87. The van der Waals surface area contributed by atoms with Crippen molar-refractivity contribution in [2.75, 3.05) is 5.32 Å². The fraction of sp³-hybridized carbons (Fsp3) is 0.111. The van der Waals surface area contributed by atoms with Crippen LogP contribution in [0.3, 0.4) is 0 Å². The highest BCUT2D eigenvalue weighted by molar-refractivity contribution is 5.90. The van der Waals surface area contributed by atoms with Crippen molar-refractivity contribution in [2.45, 2.75) is 6.92 Å². The molecule has 0 saturated carbocycles. The number of hydrogen-bond donors (Lipinski definition) is 1. The molecular weight excluding hydrogens is 211 g/mol. The third-order valence-electron chi connectivity index (χ3n) is 1.61. The number of amides is 1. The van der Waals surface area contributed by atoms with Crippen LogP contribution >= 0.6 is 0 Å². The van der Waals surface area contributed by atoms with Crippen LogP contribution in [0.1, 0.15) is 17.3 Å². The number of nitrogens with one attached hydrogen (secondary N) is 1. The molecule has 1 N–H and O–H groups in total. The van der Waals surface area contributed by atoms with Gasteiger partial charge in [-0.05, 0) is 6.07 Å². The first kappa shape index (κ1) is 11.2. The molecule has 1 amide bonds. The molecule has 6 heteroatoms. The molecule has 0 aromatic heterocycles. The van der Waals surface area contributed by atoms with E-state index in [0.717, 1.165) is 13.0 Å². The lowest BCUT2D eigenvalue weighted by Crippen LogP contribution is -2.10. The van der Waals surface area contributed by atoms with Crippen molar-refractivity contribution in [3.8, 4) is 0 Å². The van der Waals surface area contributed by atoms with Gasteiger partial charge in [-0.15, -0.1) is 0 Å². The summed E-state index contributed by atoms with van der Waals surface area (Å²) in [5.41, 5.74) is -1.22. The van der Waals surface area contributed by atoms with Crippen LogP contribution in [0.2, 0.25) is 0 Å². The first-order chi connectivity index (χ1) is 6.97. The summed E-state index contributed by atoms with van der Waals surface area (Å²) in [6, 6.07) is 0.724. The zero-order chi connectivity index (χ0) is 11.6. The van der Waals surface area contributed by atoms with Gasteiger partial charge in [0.15, 0.2) is 23.7 Å². The lowest BCUT2D eigenvalue weighted by Gasteiger charge is -2.06. The summed E-state index contributed by atoms with van der Waals surface area (Å²) >= 11 is 0. The zero-order valence-corrected chi connectivity index (χ0v) is 7.61. The molecule has 0 bridgehead atoms. The molecule has 1 aromatic rings. The minimum Gasteiger partial charge on any atom is -0.324 e. The van der Waals surface area contributed by atoms with Gasteiger partial charge in [-0.25, -0.2) is 13.2 Å². The van der Waals surface area contributed by atoms with Crippen molar-refractivity contribution in [1.29, 1.82) is 0 Å². The normalized spacial score (nSPS) is 9.87. The summed E-state index contributed by atoms with van der Waals surface area (Å²) in [4.78, 5) is 20.9. The molecule has 3 nitrogen and oxygen atoms in total. The molecule has 80 valence electrons. The lowest BCUT2D eigenvalue weighted by atomic mass is 10.2. The maximum absolute atomic E-state index is 13.0. The van der Waals surface area contributed by atoms with Gasteiger partial charge < -0.3 is 5.32 Å². The molecule has 0 radical (unpaired) electrons. The monoisotopic (exact) mass is 217 g/mol. The van der Waals surface area contributed by atoms with Crippen molar-refractivity contribution in [1.82, 2.24) is 0 Å². The van der Waals surface area contributed by atoms with Crippen LogP contribution in [-0.2, 0) is 4.79 Å². The average molecular weight is 217 g/mol. The lowest BCUT2D eigenvalue weighted by molar-refractivity contribution is -0.114. The molecule has 0 aliphatic rings. The quantitative estimate of drug-likeness (QED) is 0.607. The minimum absolute atomic E-state index is 0.0309. The molecule has 0 unspecified atom stereocenters. The van der Waals surface area contributed by atoms with E-state index in [4.69, 9.17) is 0 Å². The molecule has 0 aliphatic carbocycles. The molecule has 0 spiro atoms. The van der Waals surface area contributed by atoms with Crippen LogP contribution in [0, 0.1) is 17.5 Å². The van der Waals surface area contributed by atoms with Gasteiger partial charge in [0.05, 0.1) is 11.3 Å². The van der Waals surface area contributed by atoms with Gasteiger partial charge in [-0.3, -0.25) is 9.59 Å². The highest BCUT2D eigenvalue weighted by Crippen LogP contribution is 2.22. The van der Waals surface area contributed by atoms with Gasteiger partial charge in [0.2, 0.25) is 5.91 Å². The largest absolute Gasteiger partial charge is 0.324 e. The summed E-state index contributed by atoms with van der Waals surface area (Å²) in [5, 5.41) is 1.94. The Morgan fingerprint density at radius 3 is 2.33 bits per heavy atom.